The maximum Gasteiger partial charge on any atom is 0.413 e. The van der Waals surface area contributed by atoms with Gasteiger partial charge in [0.2, 0.25) is 0 Å². The van der Waals surface area contributed by atoms with E-state index in [0.29, 0.717) is 17.4 Å². The molecule has 1 heterocycles. The molecule has 2 aromatic rings. The summed E-state index contributed by atoms with van der Waals surface area (Å²) in [5.74, 6) is -0.328. The van der Waals surface area contributed by atoms with E-state index in [0.717, 1.165) is 16.9 Å². The molecule has 0 fully saturated rings. The van der Waals surface area contributed by atoms with Crippen LogP contribution < -0.4 is 16.4 Å². The van der Waals surface area contributed by atoms with E-state index in [2.05, 4.69) is 15.6 Å². The minimum atomic E-state index is -0.608. The highest BCUT2D eigenvalue weighted by Gasteiger charge is 2.18. The highest BCUT2D eigenvalue weighted by molar-refractivity contribution is 7.14. The van der Waals surface area contributed by atoms with Gasteiger partial charge in [-0.25, -0.2) is 9.78 Å². The smallest absolute Gasteiger partial charge is 0.413 e. The molecule has 1 aromatic heterocycles. The molecular weight excluding hydrogens is 328 g/mol. The van der Waals surface area contributed by atoms with Crippen LogP contribution in [0.1, 0.15) is 36.8 Å². The van der Waals surface area contributed by atoms with E-state index in [1.165, 1.54) is 0 Å². The van der Waals surface area contributed by atoms with Crippen molar-refractivity contribution in [2.75, 3.05) is 11.1 Å². The number of ether oxygens (including phenoxy) is 1. The van der Waals surface area contributed by atoms with E-state index in [1.54, 1.807) is 38.3 Å². The predicted octanol–water partition coefficient (Wildman–Crippen LogP) is 3.00. The molecule has 2 rings (SSSR count). The third-order valence-corrected chi connectivity index (χ3v) is 3.51. The van der Waals surface area contributed by atoms with E-state index in [9.17, 15) is 9.59 Å². The maximum atomic E-state index is 12.1. The lowest BCUT2D eigenvalue weighted by molar-refractivity contribution is 0.0635. The molecule has 24 heavy (non-hydrogen) atoms. The van der Waals surface area contributed by atoms with Crippen molar-refractivity contribution in [2.45, 2.75) is 32.9 Å². The highest BCUT2D eigenvalue weighted by Crippen LogP contribution is 2.17. The Labute approximate surface area is 144 Å². The van der Waals surface area contributed by atoms with Crippen LogP contribution in [0.3, 0.4) is 0 Å². The van der Waals surface area contributed by atoms with Crippen LogP contribution in [0.2, 0.25) is 0 Å². The summed E-state index contributed by atoms with van der Waals surface area (Å²) in [5.41, 5.74) is 6.86. The summed E-state index contributed by atoms with van der Waals surface area (Å²) in [7, 11) is 0. The van der Waals surface area contributed by atoms with Crippen molar-refractivity contribution in [3.63, 3.8) is 0 Å². The van der Waals surface area contributed by atoms with Crippen LogP contribution in [0.25, 0.3) is 0 Å². The molecule has 8 heteroatoms. The van der Waals surface area contributed by atoms with E-state index in [1.807, 2.05) is 12.1 Å². The van der Waals surface area contributed by atoms with Gasteiger partial charge in [-0.05, 0) is 38.5 Å². The van der Waals surface area contributed by atoms with Crippen LogP contribution in [0, 0.1) is 0 Å². The lowest BCUT2D eigenvalue weighted by Gasteiger charge is -2.18. The van der Waals surface area contributed by atoms with Gasteiger partial charge in [0.1, 0.15) is 11.3 Å². The minimum Gasteiger partial charge on any atom is -0.444 e. The van der Waals surface area contributed by atoms with Gasteiger partial charge in [-0.3, -0.25) is 10.1 Å². The molecule has 0 radical (unpaired) electrons. The molecule has 0 atom stereocenters. The number of anilines is 2. The van der Waals surface area contributed by atoms with Gasteiger partial charge in [0, 0.05) is 17.6 Å². The molecule has 1 aromatic carbocycles. The van der Waals surface area contributed by atoms with Crippen LogP contribution in [-0.4, -0.2) is 22.6 Å². The molecule has 4 N–H and O–H groups in total. The predicted molar refractivity (Wildman–Crippen MR) is 94.0 cm³/mol. The van der Waals surface area contributed by atoms with Gasteiger partial charge in [-0.15, -0.1) is 11.3 Å². The molecule has 128 valence electrons. The molecule has 0 bridgehead atoms. The van der Waals surface area contributed by atoms with Crippen molar-refractivity contribution in [1.82, 2.24) is 10.3 Å². The van der Waals surface area contributed by atoms with Crippen molar-refractivity contribution < 1.29 is 14.3 Å². The zero-order valence-electron chi connectivity index (χ0n) is 13.8. The fourth-order valence-corrected chi connectivity index (χ4v) is 2.48. The third kappa shape index (κ3) is 5.54. The number of thiazole rings is 1. The van der Waals surface area contributed by atoms with E-state index in [-0.39, 0.29) is 11.6 Å². The van der Waals surface area contributed by atoms with Crippen LogP contribution in [0.4, 0.5) is 15.6 Å². The molecule has 0 spiro atoms. The summed E-state index contributed by atoms with van der Waals surface area (Å²) in [6, 6.07) is 7.26. The molecule has 0 saturated carbocycles. The summed E-state index contributed by atoms with van der Waals surface area (Å²) < 4.78 is 5.13. The van der Waals surface area contributed by atoms with Crippen LogP contribution in [-0.2, 0) is 11.3 Å². The van der Waals surface area contributed by atoms with Gasteiger partial charge >= 0.3 is 6.09 Å². The Bertz CT molecular complexity index is 737. The quantitative estimate of drug-likeness (QED) is 0.736. The fraction of sp³-hybridized carbons (Fsp3) is 0.312. The largest absolute Gasteiger partial charge is 0.444 e. The number of carbonyl (C=O) groups is 2. The summed E-state index contributed by atoms with van der Waals surface area (Å²) in [4.78, 5) is 27.8. The van der Waals surface area contributed by atoms with Gasteiger partial charge < -0.3 is 15.8 Å². The third-order valence-electron chi connectivity index (χ3n) is 2.75. The standard InChI is InChI=1S/C16H20N4O3S/c1-16(2,3)23-15(22)20-14-19-12(9-24-14)13(21)18-8-10-5-4-6-11(17)7-10/h4-7,9H,8,17H2,1-3H3,(H,18,21)(H,19,20,22). The number of carbonyl (C=O) groups excluding carboxylic acids is 2. The Morgan fingerprint density at radius 2 is 2.08 bits per heavy atom. The molecule has 0 saturated heterocycles. The molecule has 0 aliphatic carbocycles. The fourth-order valence-electron chi connectivity index (χ4n) is 1.80. The second-order valence-electron chi connectivity index (χ2n) is 6.09. The average molecular weight is 348 g/mol. The normalized spacial score (nSPS) is 11.0. The first-order chi connectivity index (χ1) is 11.2. The number of nitrogen functional groups attached to an aromatic ring is 1. The van der Waals surface area contributed by atoms with Crippen molar-refractivity contribution in [3.05, 3.63) is 40.9 Å². The first-order valence-corrected chi connectivity index (χ1v) is 8.19. The average Bonchev–Trinajstić information content (AvgIpc) is 2.91. The molecule has 2 amide bonds. The van der Waals surface area contributed by atoms with Gasteiger partial charge in [-0.1, -0.05) is 12.1 Å². The number of nitrogens with two attached hydrogens (primary N) is 1. The van der Waals surface area contributed by atoms with Crippen LogP contribution >= 0.6 is 11.3 Å². The summed E-state index contributed by atoms with van der Waals surface area (Å²) in [6.07, 6.45) is -0.608. The van der Waals surface area contributed by atoms with Crippen LogP contribution in [0.15, 0.2) is 29.6 Å². The molecule has 0 unspecified atom stereocenters. The number of aromatic nitrogens is 1. The number of hydrogen-bond donors (Lipinski definition) is 3. The monoisotopic (exact) mass is 348 g/mol. The number of hydrogen-bond acceptors (Lipinski definition) is 6. The van der Waals surface area contributed by atoms with Crippen LogP contribution in [0.5, 0.6) is 0 Å². The Balaban J connectivity index is 1.90. The van der Waals surface area contributed by atoms with Gasteiger partial charge in [-0.2, -0.15) is 0 Å². The van der Waals surface area contributed by atoms with Crippen molar-refractivity contribution in [2.24, 2.45) is 0 Å². The number of rotatable bonds is 4. The van der Waals surface area contributed by atoms with E-state index in [4.69, 9.17) is 10.5 Å². The van der Waals surface area contributed by atoms with Gasteiger partial charge in [0.15, 0.2) is 5.13 Å². The summed E-state index contributed by atoms with van der Waals surface area (Å²) >= 11 is 1.15. The van der Waals surface area contributed by atoms with Gasteiger partial charge in [0.05, 0.1) is 0 Å². The van der Waals surface area contributed by atoms with Gasteiger partial charge in [0.25, 0.3) is 5.91 Å². The lowest BCUT2D eigenvalue weighted by Crippen LogP contribution is -2.27. The summed E-state index contributed by atoms with van der Waals surface area (Å²) in [5, 5.41) is 7.13. The molecular formula is C16H20N4O3S. The number of nitrogens with zero attached hydrogens (tertiary/aromatic N) is 1. The van der Waals surface area contributed by atoms with Crippen molar-refractivity contribution in [1.29, 1.82) is 0 Å². The van der Waals surface area contributed by atoms with E-state index >= 15 is 0 Å². The number of nitrogens with one attached hydrogen (secondary N) is 2. The van der Waals surface area contributed by atoms with Crippen molar-refractivity contribution >= 4 is 34.2 Å². The highest BCUT2D eigenvalue weighted by atomic mass is 32.1. The lowest BCUT2D eigenvalue weighted by atomic mass is 10.2. The minimum absolute atomic E-state index is 0.231. The Hall–Kier alpha value is -2.61. The zero-order valence-corrected chi connectivity index (χ0v) is 14.6. The topological polar surface area (TPSA) is 106 Å². The first-order valence-electron chi connectivity index (χ1n) is 7.31. The van der Waals surface area contributed by atoms with Crippen molar-refractivity contribution in [3.8, 4) is 0 Å². The van der Waals surface area contributed by atoms with E-state index < -0.39 is 11.7 Å². The molecule has 7 nitrogen and oxygen atoms in total. The molecule has 0 aliphatic heterocycles. The Morgan fingerprint density at radius 1 is 1.33 bits per heavy atom. The Morgan fingerprint density at radius 3 is 2.75 bits per heavy atom. The number of amides is 2. The number of benzene rings is 1. The Kier molecular flexibility index (Phi) is 5.40. The second kappa shape index (κ2) is 7.31. The summed E-state index contributed by atoms with van der Waals surface area (Å²) in [6.45, 7) is 5.65. The SMILES string of the molecule is CC(C)(C)OC(=O)Nc1nc(C(=O)NCc2cccc(N)c2)cs1. The second-order valence-corrected chi connectivity index (χ2v) is 6.95. The maximum absolute atomic E-state index is 12.1. The zero-order chi connectivity index (χ0) is 17.7. The first kappa shape index (κ1) is 17.7. The molecule has 0 aliphatic rings.